The van der Waals surface area contributed by atoms with Crippen LogP contribution in [0.1, 0.15) is 28.8 Å². The van der Waals surface area contributed by atoms with Crippen LogP contribution in [0.25, 0.3) is 10.9 Å². The number of anilines is 1. The lowest BCUT2D eigenvalue weighted by atomic mass is 10.1. The van der Waals surface area contributed by atoms with Crippen LogP contribution in [0.2, 0.25) is 0 Å². The van der Waals surface area contributed by atoms with Gasteiger partial charge in [-0.1, -0.05) is 30.3 Å². The maximum atomic E-state index is 12.9. The van der Waals surface area contributed by atoms with E-state index in [2.05, 4.69) is 5.32 Å². The molecular weight excluding hydrogens is 366 g/mol. The lowest BCUT2D eigenvalue weighted by molar-refractivity contribution is -0.116. The van der Waals surface area contributed by atoms with E-state index in [-0.39, 0.29) is 23.9 Å². The van der Waals surface area contributed by atoms with Gasteiger partial charge in [-0.05, 0) is 43.5 Å². The second-order valence-corrected chi connectivity index (χ2v) is 7.42. The van der Waals surface area contributed by atoms with Gasteiger partial charge in [0.05, 0.1) is 11.1 Å². The maximum Gasteiger partial charge on any atom is 0.254 e. The summed E-state index contributed by atoms with van der Waals surface area (Å²) in [4.78, 5) is 40.1. The molecule has 0 radical (unpaired) electrons. The maximum absolute atomic E-state index is 12.9. The molecule has 2 amide bonds. The van der Waals surface area contributed by atoms with Crippen LogP contribution in [0.5, 0.6) is 0 Å². The number of aryl methyl sites for hydroxylation is 1. The molecule has 1 aliphatic rings. The number of para-hydroxylation sites is 1. The third kappa shape index (κ3) is 3.92. The van der Waals surface area contributed by atoms with Crippen molar-refractivity contribution in [3.63, 3.8) is 0 Å². The Labute approximate surface area is 168 Å². The van der Waals surface area contributed by atoms with E-state index in [1.807, 2.05) is 43.3 Å². The zero-order valence-electron chi connectivity index (χ0n) is 16.4. The van der Waals surface area contributed by atoms with Gasteiger partial charge in [-0.2, -0.15) is 0 Å². The minimum atomic E-state index is -0.356. The highest BCUT2D eigenvalue weighted by atomic mass is 16.2. The first-order valence-corrected chi connectivity index (χ1v) is 9.81. The van der Waals surface area contributed by atoms with Gasteiger partial charge in [0.15, 0.2) is 0 Å². The normalized spacial score (nSPS) is 13.6. The zero-order valence-corrected chi connectivity index (χ0v) is 16.4. The van der Waals surface area contributed by atoms with E-state index in [0.29, 0.717) is 22.2 Å². The van der Waals surface area contributed by atoms with Crippen molar-refractivity contribution in [2.24, 2.45) is 0 Å². The van der Waals surface area contributed by atoms with Crippen LogP contribution in [0.4, 0.5) is 5.69 Å². The van der Waals surface area contributed by atoms with E-state index in [9.17, 15) is 14.4 Å². The van der Waals surface area contributed by atoms with E-state index in [1.54, 1.807) is 17.0 Å². The predicted octanol–water partition coefficient (Wildman–Crippen LogP) is 3.18. The molecule has 0 aliphatic carbocycles. The van der Waals surface area contributed by atoms with E-state index in [4.69, 9.17) is 0 Å². The molecule has 0 atom stereocenters. The third-order valence-corrected chi connectivity index (χ3v) is 5.25. The number of benzene rings is 2. The van der Waals surface area contributed by atoms with Gasteiger partial charge < -0.3 is 10.2 Å². The van der Waals surface area contributed by atoms with Gasteiger partial charge in [-0.3, -0.25) is 19.0 Å². The Bertz CT molecular complexity index is 1140. The minimum absolute atomic E-state index is 0.118. The van der Waals surface area contributed by atoms with Crippen molar-refractivity contribution < 1.29 is 9.59 Å². The van der Waals surface area contributed by atoms with Gasteiger partial charge in [0, 0.05) is 30.2 Å². The molecule has 1 fully saturated rings. The molecule has 6 nitrogen and oxygen atoms in total. The lowest BCUT2D eigenvalue weighted by Crippen LogP contribution is -2.32. The van der Waals surface area contributed by atoms with Crippen LogP contribution in [0, 0.1) is 6.92 Å². The number of rotatable bonds is 4. The van der Waals surface area contributed by atoms with Crippen molar-refractivity contribution in [1.29, 1.82) is 0 Å². The molecular formula is C23H23N3O3. The highest BCUT2D eigenvalue weighted by molar-refractivity contribution is 6.06. The summed E-state index contributed by atoms with van der Waals surface area (Å²) in [6.45, 7) is 3.26. The number of amides is 2. The number of hydrogen-bond acceptors (Lipinski definition) is 3. The Morgan fingerprint density at radius 1 is 1.00 bits per heavy atom. The summed E-state index contributed by atoms with van der Waals surface area (Å²) in [6, 6.07) is 16.1. The van der Waals surface area contributed by atoms with Crippen molar-refractivity contribution in [3.05, 3.63) is 76.1 Å². The number of pyridine rings is 1. The standard InChI is InChI=1S/C23H23N3O3/c1-16-7-6-8-17(13-16)24-21(27)15-26-20-10-3-2-9-18(20)19(14-22(26)28)23(29)25-11-4-5-12-25/h2-3,6-10,13-14H,4-5,11-12,15H2,1H3,(H,24,27). The third-order valence-electron chi connectivity index (χ3n) is 5.25. The van der Waals surface area contributed by atoms with Crippen LogP contribution in [0.15, 0.2) is 59.4 Å². The summed E-state index contributed by atoms with van der Waals surface area (Å²) in [7, 11) is 0. The lowest BCUT2D eigenvalue weighted by Gasteiger charge is -2.18. The van der Waals surface area contributed by atoms with Gasteiger partial charge >= 0.3 is 0 Å². The average molecular weight is 389 g/mol. The number of hydrogen-bond donors (Lipinski definition) is 1. The fourth-order valence-electron chi connectivity index (χ4n) is 3.83. The fourth-order valence-corrected chi connectivity index (χ4v) is 3.83. The van der Waals surface area contributed by atoms with Crippen molar-refractivity contribution in [1.82, 2.24) is 9.47 Å². The molecule has 3 aromatic rings. The number of nitrogens with zero attached hydrogens (tertiary/aromatic N) is 2. The summed E-state index contributed by atoms with van der Waals surface area (Å²) in [5.74, 6) is -0.409. The zero-order chi connectivity index (χ0) is 20.4. The van der Waals surface area contributed by atoms with Crippen molar-refractivity contribution in [2.45, 2.75) is 26.3 Å². The van der Waals surface area contributed by atoms with Gasteiger partial charge in [0.25, 0.3) is 11.5 Å². The van der Waals surface area contributed by atoms with Crippen LogP contribution in [0.3, 0.4) is 0 Å². The van der Waals surface area contributed by atoms with Gasteiger partial charge in [-0.25, -0.2) is 0 Å². The number of fused-ring (bicyclic) bond motifs is 1. The van der Waals surface area contributed by atoms with E-state index in [1.165, 1.54) is 10.6 Å². The second-order valence-electron chi connectivity index (χ2n) is 7.42. The molecule has 6 heteroatoms. The highest BCUT2D eigenvalue weighted by Crippen LogP contribution is 2.21. The van der Waals surface area contributed by atoms with Crippen LogP contribution in [-0.2, 0) is 11.3 Å². The number of carbonyl (C=O) groups excluding carboxylic acids is 2. The molecule has 0 spiro atoms. The summed E-state index contributed by atoms with van der Waals surface area (Å²) in [5.41, 5.74) is 2.36. The number of likely N-dealkylation sites (tertiary alicyclic amines) is 1. The summed E-state index contributed by atoms with van der Waals surface area (Å²) >= 11 is 0. The Balaban J connectivity index is 1.67. The van der Waals surface area contributed by atoms with Crippen molar-refractivity contribution in [3.8, 4) is 0 Å². The molecule has 148 valence electrons. The first-order chi connectivity index (χ1) is 14.0. The smallest absolute Gasteiger partial charge is 0.254 e. The molecule has 0 saturated carbocycles. The summed E-state index contributed by atoms with van der Waals surface area (Å²) in [6.07, 6.45) is 1.97. The molecule has 2 aromatic carbocycles. The topological polar surface area (TPSA) is 71.4 Å². The first kappa shape index (κ1) is 18.9. The molecule has 1 saturated heterocycles. The molecule has 1 aliphatic heterocycles. The second kappa shape index (κ2) is 7.91. The predicted molar refractivity (Wildman–Crippen MR) is 113 cm³/mol. The molecule has 0 bridgehead atoms. The first-order valence-electron chi connectivity index (χ1n) is 9.81. The van der Waals surface area contributed by atoms with Crippen LogP contribution >= 0.6 is 0 Å². The van der Waals surface area contributed by atoms with Crippen molar-refractivity contribution >= 4 is 28.4 Å². The van der Waals surface area contributed by atoms with Crippen LogP contribution in [-0.4, -0.2) is 34.4 Å². The Hall–Kier alpha value is -3.41. The fraction of sp³-hybridized carbons (Fsp3) is 0.261. The number of aromatic nitrogens is 1. The Morgan fingerprint density at radius 3 is 2.52 bits per heavy atom. The van der Waals surface area contributed by atoms with Crippen LogP contribution < -0.4 is 10.9 Å². The van der Waals surface area contributed by atoms with E-state index >= 15 is 0 Å². The molecule has 4 rings (SSSR count). The van der Waals surface area contributed by atoms with Gasteiger partial charge in [0.1, 0.15) is 6.54 Å². The van der Waals surface area contributed by atoms with Gasteiger partial charge in [0.2, 0.25) is 5.91 Å². The Morgan fingerprint density at radius 2 is 1.76 bits per heavy atom. The monoisotopic (exact) mass is 389 g/mol. The summed E-state index contributed by atoms with van der Waals surface area (Å²) < 4.78 is 1.42. The molecule has 1 aromatic heterocycles. The van der Waals surface area contributed by atoms with E-state index < -0.39 is 0 Å². The average Bonchev–Trinajstić information content (AvgIpc) is 3.24. The minimum Gasteiger partial charge on any atom is -0.339 e. The highest BCUT2D eigenvalue weighted by Gasteiger charge is 2.23. The van der Waals surface area contributed by atoms with Gasteiger partial charge in [-0.15, -0.1) is 0 Å². The Kier molecular flexibility index (Phi) is 5.16. The molecule has 0 unspecified atom stereocenters. The van der Waals surface area contributed by atoms with E-state index in [0.717, 1.165) is 31.5 Å². The molecule has 2 heterocycles. The quantitative estimate of drug-likeness (QED) is 0.745. The van der Waals surface area contributed by atoms with Crippen molar-refractivity contribution in [2.75, 3.05) is 18.4 Å². The molecule has 29 heavy (non-hydrogen) atoms. The number of carbonyl (C=O) groups is 2. The largest absolute Gasteiger partial charge is 0.339 e. The number of nitrogens with one attached hydrogen (secondary N) is 1. The SMILES string of the molecule is Cc1cccc(NC(=O)Cn2c(=O)cc(C(=O)N3CCCC3)c3ccccc32)c1. The summed E-state index contributed by atoms with van der Waals surface area (Å²) in [5, 5.41) is 3.52. The molecule has 1 N–H and O–H groups in total.